The maximum absolute atomic E-state index is 12.1. The number of terminal acetylenes is 1. The number of carboxylic acids is 1. The first-order valence-corrected chi connectivity index (χ1v) is 6.25. The molecule has 106 valence electrons. The number of aliphatic carboxylic acids is 1. The van der Waals surface area contributed by atoms with Gasteiger partial charge in [0.2, 0.25) is 0 Å². The molecule has 1 aromatic rings. The van der Waals surface area contributed by atoms with Gasteiger partial charge in [-0.2, -0.15) is 0 Å². The highest BCUT2D eigenvalue weighted by Gasteiger charge is 2.17. The SMILES string of the molecule is C#CCN(CC(=O)O)C(=O)Nc1ccccc1C(C)C. The van der Waals surface area contributed by atoms with Gasteiger partial charge in [-0.3, -0.25) is 4.79 Å². The summed E-state index contributed by atoms with van der Waals surface area (Å²) in [5.74, 6) is 1.42. The molecule has 0 atom stereocenters. The highest BCUT2D eigenvalue weighted by atomic mass is 16.4. The molecule has 5 nitrogen and oxygen atoms in total. The van der Waals surface area contributed by atoms with Gasteiger partial charge in [0.15, 0.2) is 0 Å². The van der Waals surface area contributed by atoms with Crippen LogP contribution >= 0.6 is 0 Å². The molecule has 1 rings (SSSR count). The number of hydrogen-bond donors (Lipinski definition) is 2. The molecule has 0 heterocycles. The quantitative estimate of drug-likeness (QED) is 0.810. The fourth-order valence-electron chi connectivity index (χ4n) is 1.78. The Morgan fingerprint density at radius 1 is 1.40 bits per heavy atom. The number of amides is 2. The lowest BCUT2D eigenvalue weighted by molar-refractivity contribution is -0.137. The van der Waals surface area contributed by atoms with E-state index in [4.69, 9.17) is 11.5 Å². The van der Waals surface area contributed by atoms with Gasteiger partial charge >= 0.3 is 12.0 Å². The van der Waals surface area contributed by atoms with E-state index in [1.165, 1.54) is 0 Å². The molecule has 0 unspecified atom stereocenters. The smallest absolute Gasteiger partial charge is 0.323 e. The average Bonchev–Trinajstić information content (AvgIpc) is 2.38. The average molecular weight is 274 g/mol. The van der Waals surface area contributed by atoms with E-state index in [2.05, 4.69) is 11.2 Å². The molecule has 0 aromatic heterocycles. The molecule has 0 aliphatic carbocycles. The molecule has 2 amide bonds. The van der Waals surface area contributed by atoms with Crippen molar-refractivity contribution in [3.05, 3.63) is 29.8 Å². The predicted molar refractivity (Wildman–Crippen MR) is 77.6 cm³/mol. The molecule has 0 aliphatic heterocycles. The van der Waals surface area contributed by atoms with Crippen LogP contribution in [-0.4, -0.2) is 35.1 Å². The minimum Gasteiger partial charge on any atom is -0.480 e. The second kappa shape index (κ2) is 7.19. The van der Waals surface area contributed by atoms with E-state index in [0.717, 1.165) is 10.5 Å². The Bertz CT molecular complexity index is 532. The van der Waals surface area contributed by atoms with E-state index in [1.807, 2.05) is 32.0 Å². The van der Waals surface area contributed by atoms with Crippen LogP contribution in [0.25, 0.3) is 0 Å². The largest absolute Gasteiger partial charge is 0.480 e. The minimum absolute atomic E-state index is 0.0536. The number of para-hydroxylation sites is 1. The van der Waals surface area contributed by atoms with Crippen molar-refractivity contribution in [2.24, 2.45) is 0 Å². The summed E-state index contributed by atoms with van der Waals surface area (Å²) in [7, 11) is 0. The van der Waals surface area contributed by atoms with Crippen molar-refractivity contribution in [1.82, 2.24) is 4.90 Å². The Morgan fingerprint density at radius 3 is 2.60 bits per heavy atom. The number of nitrogens with one attached hydrogen (secondary N) is 1. The molecule has 0 radical (unpaired) electrons. The number of carbonyl (C=O) groups excluding carboxylic acids is 1. The van der Waals surface area contributed by atoms with Crippen LogP contribution in [0.15, 0.2) is 24.3 Å². The van der Waals surface area contributed by atoms with Crippen LogP contribution in [0.3, 0.4) is 0 Å². The van der Waals surface area contributed by atoms with Gasteiger partial charge in [-0.25, -0.2) is 4.79 Å². The van der Waals surface area contributed by atoms with Crippen molar-refractivity contribution in [1.29, 1.82) is 0 Å². The number of benzene rings is 1. The third-order valence-electron chi connectivity index (χ3n) is 2.72. The standard InChI is InChI=1S/C15H18N2O3/c1-4-9-17(10-14(18)19)15(20)16-13-8-6-5-7-12(13)11(2)3/h1,5-8,11H,9-10H2,2-3H3,(H,16,20)(H,18,19). The Labute approximate surface area is 118 Å². The molecule has 0 fully saturated rings. The summed E-state index contributed by atoms with van der Waals surface area (Å²) in [6.07, 6.45) is 5.15. The molecule has 0 aliphatic rings. The third-order valence-corrected chi connectivity index (χ3v) is 2.72. The summed E-state index contributed by atoms with van der Waals surface area (Å²) < 4.78 is 0. The lowest BCUT2D eigenvalue weighted by Crippen LogP contribution is -2.39. The molecular weight excluding hydrogens is 256 g/mol. The molecule has 1 aromatic carbocycles. The van der Waals surface area contributed by atoms with E-state index in [9.17, 15) is 9.59 Å². The molecule has 20 heavy (non-hydrogen) atoms. The maximum atomic E-state index is 12.1. The predicted octanol–water partition coefficient (Wildman–Crippen LogP) is 2.36. The zero-order chi connectivity index (χ0) is 15.1. The van der Waals surface area contributed by atoms with Gasteiger partial charge in [0.25, 0.3) is 0 Å². The van der Waals surface area contributed by atoms with E-state index >= 15 is 0 Å². The molecule has 0 saturated heterocycles. The Morgan fingerprint density at radius 2 is 2.05 bits per heavy atom. The Balaban J connectivity index is 2.88. The van der Waals surface area contributed by atoms with Crippen molar-refractivity contribution in [3.8, 4) is 12.3 Å². The van der Waals surface area contributed by atoms with Crippen molar-refractivity contribution in [3.63, 3.8) is 0 Å². The van der Waals surface area contributed by atoms with Gasteiger partial charge in [0, 0.05) is 5.69 Å². The van der Waals surface area contributed by atoms with Crippen molar-refractivity contribution in [2.75, 3.05) is 18.4 Å². The van der Waals surface area contributed by atoms with Crippen LogP contribution < -0.4 is 5.32 Å². The summed E-state index contributed by atoms with van der Waals surface area (Å²) in [5.41, 5.74) is 1.65. The number of carboxylic acid groups (broad SMARTS) is 1. The first kappa shape index (κ1) is 15.6. The second-order valence-electron chi connectivity index (χ2n) is 4.63. The fourth-order valence-corrected chi connectivity index (χ4v) is 1.78. The monoisotopic (exact) mass is 274 g/mol. The topological polar surface area (TPSA) is 69.6 Å². The molecule has 0 saturated carbocycles. The minimum atomic E-state index is -1.10. The summed E-state index contributed by atoms with van der Waals surface area (Å²) in [5, 5.41) is 11.5. The first-order chi connectivity index (χ1) is 9.45. The number of anilines is 1. The zero-order valence-corrected chi connectivity index (χ0v) is 11.6. The van der Waals surface area contributed by atoms with Crippen LogP contribution in [-0.2, 0) is 4.79 Å². The number of carbonyl (C=O) groups is 2. The van der Waals surface area contributed by atoms with Crippen molar-refractivity contribution in [2.45, 2.75) is 19.8 Å². The molecule has 2 N–H and O–H groups in total. The van der Waals surface area contributed by atoms with Crippen LogP contribution in [0.5, 0.6) is 0 Å². The van der Waals surface area contributed by atoms with Gasteiger partial charge in [-0.05, 0) is 17.5 Å². The van der Waals surface area contributed by atoms with Gasteiger partial charge < -0.3 is 15.3 Å². The van der Waals surface area contributed by atoms with E-state index < -0.39 is 18.5 Å². The van der Waals surface area contributed by atoms with Gasteiger partial charge in [0.1, 0.15) is 6.54 Å². The highest BCUT2D eigenvalue weighted by molar-refractivity contribution is 5.92. The zero-order valence-electron chi connectivity index (χ0n) is 11.6. The van der Waals surface area contributed by atoms with Crippen LogP contribution in [0.1, 0.15) is 25.3 Å². The van der Waals surface area contributed by atoms with Crippen LogP contribution in [0, 0.1) is 12.3 Å². The Kier molecular flexibility index (Phi) is 5.60. The maximum Gasteiger partial charge on any atom is 0.323 e. The highest BCUT2D eigenvalue weighted by Crippen LogP contribution is 2.23. The van der Waals surface area contributed by atoms with E-state index in [1.54, 1.807) is 6.07 Å². The van der Waals surface area contributed by atoms with Gasteiger partial charge in [-0.1, -0.05) is 38.0 Å². The number of rotatable bonds is 5. The van der Waals surface area contributed by atoms with Crippen LogP contribution in [0.4, 0.5) is 10.5 Å². The van der Waals surface area contributed by atoms with E-state index in [-0.39, 0.29) is 12.5 Å². The fraction of sp³-hybridized carbons (Fsp3) is 0.333. The van der Waals surface area contributed by atoms with Crippen molar-refractivity contribution >= 4 is 17.7 Å². The number of urea groups is 1. The first-order valence-electron chi connectivity index (χ1n) is 6.25. The summed E-state index contributed by atoms with van der Waals surface area (Å²) >= 11 is 0. The summed E-state index contributed by atoms with van der Waals surface area (Å²) in [6.45, 7) is 3.55. The third kappa shape index (κ3) is 4.32. The van der Waals surface area contributed by atoms with Gasteiger partial charge in [0.05, 0.1) is 6.54 Å². The van der Waals surface area contributed by atoms with Crippen molar-refractivity contribution < 1.29 is 14.7 Å². The van der Waals surface area contributed by atoms with Gasteiger partial charge in [-0.15, -0.1) is 6.42 Å². The summed E-state index contributed by atoms with van der Waals surface area (Å²) in [4.78, 5) is 23.9. The molecular formula is C15H18N2O3. The molecule has 0 spiro atoms. The molecule has 0 bridgehead atoms. The van der Waals surface area contributed by atoms with E-state index in [0.29, 0.717) is 5.69 Å². The Hall–Kier alpha value is -2.48. The molecule has 5 heteroatoms. The summed E-state index contributed by atoms with van der Waals surface area (Å²) in [6, 6.07) is 6.88. The lowest BCUT2D eigenvalue weighted by Gasteiger charge is -2.20. The lowest BCUT2D eigenvalue weighted by atomic mass is 10.0. The number of hydrogen-bond acceptors (Lipinski definition) is 2. The number of nitrogens with zero attached hydrogens (tertiary/aromatic N) is 1. The van der Waals surface area contributed by atoms with Crippen LogP contribution in [0.2, 0.25) is 0 Å². The second-order valence-corrected chi connectivity index (χ2v) is 4.63. The normalized spacial score (nSPS) is 9.90.